The Kier molecular flexibility index (Phi) is 4.66. The fourth-order valence-corrected chi connectivity index (χ4v) is 2.59. The molecule has 7 heteroatoms. The van der Waals surface area contributed by atoms with Crippen LogP contribution in [0, 0.1) is 5.82 Å². The van der Waals surface area contributed by atoms with E-state index in [1.165, 1.54) is 16.7 Å². The number of carbonyl (C=O) groups is 1. The predicted octanol–water partition coefficient (Wildman–Crippen LogP) is 3.81. The minimum Gasteiger partial charge on any atom is -0.408 e. The lowest BCUT2D eigenvalue weighted by molar-refractivity contribution is -0.116. The third kappa shape index (κ3) is 3.49. The topological polar surface area (TPSA) is 64.2 Å². The summed E-state index contributed by atoms with van der Waals surface area (Å²) < 4.78 is 20.2. The second kappa shape index (κ2) is 6.88. The van der Waals surface area contributed by atoms with Crippen LogP contribution in [0.25, 0.3) is 11.1 Å². The van der Waals surface area contributed by atoms with Crippen LogP contribution in [-0.2, 0) is 11.3 Å². The van der Waals surface area contributed by atoms with Crippen LogP contribution < -0.4 is 11.1 Å². The molecule has 1 heterocycles. The molecule has 1 amide bonds. The molecular formula is C17H14ClFN2O3. The Balaban J connectivity index is 1.60. The lowest BCUT2D eigenvalue weighted by Crippen LogP contribution is -2.17. The molecule has 0 aliphatic rings. The molecule has 0 bridgehead atoms. The van der Waals surface area contributed by atoms with Gasteiger partial charge in [0.25, 0.3) is 0 Å². The van der Waals surface area contributed by atoms with Crippen molar-refractivity contribution in [1.29, 1.82) is 0 Å². The number of benzene rings is 2. The van der Waals surface area contributed by atoms with Gasteiger partial charge in [0.2, 0.25) is 5.91 Å². The van der Waals surface area contributed by atoms with Crippen molar-refractivity contribution in [3.8, 4) is 0 Å². The van der Waals surface area contributed by atoms with Crippen molar-refractivity contribution in [3.63, 3.8) is 0 Å². The first-order valence-electron chi connectivity index (χ1n) is 7.38. The highest BCUT2D eigenvalue weighted by Gasteiger charge is 2.10. The quantitative estimate of drug-likeness (QED) is 0.762. The van der Waals surface area contributed by atoms with Gasteiger partial charge in [-0.05, 0) is 36.8 Å². The number of para-hydroxylation sites is 2. The summed E-state index contributed by atoms with van der Waals surface area (Å²) in [4.78, 5) is 23.7. The molecule has 3 aromatic rings. The zero-order chi connectivity index (χ0) is 17.1. The van der Waals surface area contributed by atoms with Crippen molar-refractivity contribution in [3.05, 3.63) is 63.9 Å². The summed E-state index contributed by atoms with van der Waals surface area (Å²) in [7, 11) is 0. The molecule has 0 atom stereocenters. The van der Waals surface area contributed by atoms with E-state index in [2.05, 4.69) is 5.32 Å². The number of hydrogen-bond acceptors (Lipinski definition) is 3. The molecule has 0 spiro atoms. The molecule has 3 rings (SSSR count). The fraction of sp³-hybridized carbons (Fsp3) is 0.176. The molecule has 1 aromatic heterocycles. The summed E-state index contributed by atoms with van der Waals surface area (Å²) in [5, 5.41) is 2.75. The lowest BCUT2D eigenvalue weighted by atomic mass is 10.2. The van der Waals surface area contributed by atoms with E-state index in [0.717, 1.165) is 6.07 Å². The Bertz CT molecular complexity index is 948. The molecule has 0 unspecified atom stereocenters. The van der Waals surface area contributed by atoms with E-state index in [1.54, 1.807) is 18.2 Å². The fourth-order valence-electron chi connectivity index (χ4n) is 2.43. The maximum absolute atomic E-state index is 13.6. The van der Waals surface area contributed by atoms with E-state index >= 15 is 0 Å². The van der Waals surface area contributed by atoms with Crippen LogP contribution in [0.4, 0.5) is 10.1 Å². The van der Waals surface area contributed by atoms with Crippen molar-refractivity contribution in [2.24, 2.45) is 0 Å². The molecule has 0 aliphatic heterocycles. The average Bonchev–Trinajstić information content (AvgIpc) is 2.86. The Labute approximate surface area is 141 Å². The number of nitrogens with zero attached hydrogens (tertiary/aromatic N) is 1. The molecule has 2 aromatic carbocycles. The summed E-state index contributed by atoms with van der Waals surface area (Å²) in [5.41, 5.74) is 1.28. The zero-order valence-electron chi connectivity index (χ0n) is 12.6. The number of fused-ring (bicyclic) bond motifs is 1. The standard InChI is InChI=1S/C17H14ClFN2O3/c18-11-7-8-13(12(19)10-11)20-16(22)6-3-9-21-14-4-1-2-5-15(14)24-17(21)23/h1-2,4-5,7-8,10H,3,6,9H2,(H,20,22). The van der Waals surface area contributed by atoms with Gasteiger partial charge in [0, 0.05) is 18.0 Å². The van der Waals surface area contributed by atoms with Crippen LogP contribution >= 0.6 is 11.6 Å². The Morgan fingerprint density at radius 2 is 2.04 bits per heavy atom. The normalized spacial score (nSPS) is 10.9. The molecular weight excluding hydrogens is 335 g/mol. The van der Waals surface area contributed by atoms with Crippen molar-refractivity contribution < 1.29 is 13.6 Å². The largest absolute Gasteiger partial charge is 0.419 e. The Morgan fingerprint density at radius 3 is 2.83 bits per heavy atom. The summed E-state index contributed by atoms with van der Waals surface area (Å²) in [6.45, 7) is 0.340. The van der Waals surface area contributed by atoms with Crippen LogP contribution in [0.5, 0.6) is 0 Å². The Hall–Kier alpha value is -2.60. The second-order valence-corrected chi connectivity index (χ2v) is 5.70. The minimum absolute atomic E-state index is 0.0790. The van der Waals surface area contributed by atoms with Crippen LogP contribution in [0.2, 0.25) is 5.02 Å². The predicted molar refractivity (Wildman–Crippen MR) is 89.7 cm³/mol. The first-order chi connectivity index (χ1) is 11.5. The van der Waals surface area contributed by atoms with Gasteiger partial charge in [0.1, 0.15) is 5.82 Å². The molecule has 0 radical (unpaired) electrons. The Morgan fingerprint density at radius 1 is 1.25 bits per heavy atom. The van der Waals surface area contributed by atoms with Gasteiger partial charge in [0.15, 0.2) is 5.58 Å². The van der Waals surface area contributed by atoms with Crippen LogP contribution in [-0.4, -0.2) is 10.5 Å². The van der Waals surface area contributed by atoms with E-state index in [0.29, 0.717) is 24.1 Å². The molecule has 24 heavy (non-hydrogen) atoms. The second-order valence-electron chi connectivity index (χ2n) is 5.26. The van der Waals surface area contributed by atoms with E-state index in [-0.39, 0.29) is 23.0 Å². The average molecular weight is 349 g/mol. The molecule has 0 saturated heterocycles. The number of oxazole rings is 1. The van der Waals surface area contributed by atoms with Gasteiger partial charge in [-0.1, -0.05) is 23.7 Å². The highest BCUT2D eigenvalue weighted by molar-refractivity contribution is 6.30. The number of aromatic nitrogens is 1. The number of halogens is 2. The summed E-state index contributed by atoms with van der Waals surface area (Å²) in [5.74, 6) is -1.38. The summed E-state index contributed by atoms with van der Waals surface area (Å²) in [6.07, 6.45) is 0.568. The monoisotopic (exact) mass is 348 g/mol. The first-order valence-corrected chi connectivity index (χ1v) is 7.75. The number of anilines is 1. The van der Waals surface area contributed by atoms with Crippen LogP contribution in [0.15, 0.2) is 51.7 Å². The maximum atomic E-state index is 13.6. The van der Waals surface area contributed by atoms with Crippen molar-refractivity contribution in [2.75, 3.05) is 5.32 Å². The third-order valence-electron chi connectivity index (χ3n) is 3.56. The van der Waals surface area contributed by atoms with E-state index in [4.69, 9.17) is 16.0 Å². The smallest absolute Gasteiger partial charge is 0.408 e. The third-order valence-corrected chi connectivity index (χ3v) is 3.80. The van der Waals surface area contributed by atoms with Gasteiger partial charge in [0.05, 0.1) is 11.2 Å². The molecule has 5 nitrogen and oxygen atoms in total. The van der Waals surface area contributed by atoms with Crippen LogP contribution in [0.3, 0.4) is 0 Å². The van der Waals surface area contributed by atoms with E-state index in [9.17, 15) is 14.0 Å². The van der Waals surface area contributed by atoms with Crippen LogP contribution in [0.1, 0.15) is 12.8 Å². The molecule has 0 fully saturated rings. The number of aryl methyl sites for hydroxylation is 1. The summed E-state index contributed by atoms with van der Waals surface area (Å²) in [6, 6.07) is 11.1. The molecule has 0 saturated carbocycles. The van der Waals surface area contributed by atoms with Gasteiger partial charge in [-0.25, -0.2) is 9.18 Å². The molecule has 124 valence electrons. The van der Waals surface area contributed by atoms with E-state index in [1.807, 2.05) is 6.07 Å². The van der Waals surface area contributed by atoms with Gasteiger partial charge >= 0.3 is 5.76 Å². The van der Waals surface area contributed by atoms with E-state index < -0.39 is 11.6 Å². The molecule has 0 aliphatic carbocycles. The number of hydrogen-bond donors (Lipinski definition) is 1. The highest BCUT2D eigenvalue weighted by Crippen LogP contribution is 2.19. The van der Waals surface area contributed by atoms with Gasteiger partial charge < -0.3 is 9.73 Å². The molecule has 1 N–H and O–H groups in total. The van der Waals surface area contributed by atoms with Crippen molar-refractivity contribution in [2.45, 2.75) is 19.4 Å². The van der Waals surface area contributed by atoms with Crippen molar-refractivity contribution in [1.82, 2.24) is 4.57 Å². The minimum atomic E-state index is -0.590. The first kappa shape index (κ1) is 16.3. The van der Waals surface area contributed by atoms with Crippen molar-refractivity contribution >= 4 is 34.3 Å². The zero-order valence-corrected chi connectivity index (χ0v) is 13.3. The number of nitrogens with one attached hydrogen (secondary N) is 1. The van der Waals surface area contributed by atoms with Gasteiger partial charge in [-0.2, -0.15) is 0 Å². The summed E-state index contributed by atoms with van der Waals surface area (Å²) >= 11 is 5.66. The maximum Gasteiger partial charge on any atom is 0.419 e. The number of rotatable bonds is 5. The van der Waals surface area contributed by atoms with Gasteiger partial charge in [-0.15, -0.1) is 0 Å². The lowest BCUT2D eigenvalue weighted by Gasteiger charge is -2.07. The number of carbonyl (C=O) groups excluding carboxylic acids is 1. The SMILES string of the molecule is O=C(CCCn1c(=O)oc2ccccc21)Nc1ccc(Cl)cc1F. The highest BCUT2D eigenvalue weighted by atomic mass is 35.5. The van der Waals surface area contributed by atoms with Gasteiger partial charge in [-0.3, -0.25) is 9.36 Å². The number of amides is 1.